The zero-order valence-electron chi connectivity index (χ0n) is 22.9. The summed E-state index contributed by atoms with van der Waals surface area (Å²) in [6.45, 7) is 2.47. The SMILES string of the molecule is CNC(=O)c1c(F)cccc1Nc1nc(Nc2cc3c(cc2OC)CCN3C(=O)[C@@H](C)N(C)C)[nH]c2nccc1-2. The Balaban J connectivity index is 1.52. The lowest BCUT2D eigenvalue weighted by Crippen LogP contribution is -2.43. The van der Waals surface area contributed by atoms with Crippen molar-refractivity contribution in [3.05, 3.63) is 59.5 Å². The van der Waals surface area contributed by atoms with Gasteiger partial charge in [-0.2, -0.15) is 4.98 Å². The van der Waals surface area contributed by atoms with E-state index in [0.29, 0.717) is 41.1 Å². The van der Waals surface area contributed by atoms with Crippen LogP contribution < -0.4 is 25.6 Å². The molecule has 0 aliphatic carbocycles. The number of ether oxygens (including phenoxy) is 1. The second-order valence-electron chi connectivity index (χ2n) is 9.69. The number of rotatable bonds is 8. The summed E-state index contributed by atoms with van der Waals surface area (Å²) in [6.07, 6.45) is 2.34. The van der Waals surface area contributed by atoms with E-state index >= 15 is 0 Å². The highest BCUT2D eigenvalue weighted by atomic mass is 19.1. The molecule has 208 valence electrons. The van der Waals surface area contributed by atoms with Gasteiger partial charge in [0.05, 0.1) is 35.7 Å². The number of H-pyrrole nitrogens is 1. The predicted octanol–water partition coefficient (Wildman–Crippen LogP) is 3.74. The Morgan fingerprint density at radius 3 is 2.70 bits per heavy atom. The second-order valence-corrected chi connectivity index (χ2v) is 9.69. The normalized spacial score (nSPS) is 13.3. The molecule has 0 aromatic heterocycles. The maximum absolute atomic E-state index is 14.6. The lowest BCUT2D eigenvalue weighted by molar-refractivity contribution is -0.122. The second kappa shape index (κ2) is 10.8. The van der Waals surface area contributed by atoms with Gasteiger partial charge in [-0.25, -0.2) is 9.37 Å². The minimum Gasteiger partial charge on any atom is -0.495 e. The first-order chi connectivity index (χ1) is 19.2. The van der Waals surface area contributed by atoms with Crippen LogP contribution >= 0.6 is 0 Å². The number of carbonyl (C=O) groups is 2. The molecule has 12 heteroatoms. The molecule has 0 saturated heterocycles. The molecule has 5 rings (SSSR count). The summed E-state index contributed by atoms with van der Waals surface area (Å²) in [4.78, 5) is 41.4. The molecule has 3 aliphatic heterocycles. The summed E-state index contributed by atoms with van der Waals surface area (Å²) in [7, 11) is 6.77. The smallest absolute Gasteiger partial charge is 0.256 e. The van der Waals surface area contributed by atoms with Gasteiger partial charge >= 0.3 is 0 Å². The molecule has 2 aromatic carbocycles. The van der Waals surface area contributed by atoms with E-state index in [2.05, 4.69) is 30.9 Å². The third-order valence-corrected chi connectivity index (χ3v) is 7.08. The minimum absolute atomic E-state index is 0.0143. The van der Waals surface area contributed by atoms with Crippen LogP contribution in [0.1, 0.15) is 22.8 Å². The molecule has 0 radical (unpaired) electrons. The van der Waals surface area contributed by atoms with Crippen molar-refractivity contribution >= 4 is 40.6 Å². The fourth-order valence-electron chi connectivity index (χ4n) is 4.69. The number of nitrogens with zero attached hydrogens (tertiary/aromatic N) is 4. The number of carbonyl (C=O) groups excluding carboxylic acids is 2. The number of hydrogen-bond acceptors (Lipinski definition) is 8. The number of anilines is 5. The van der Waals surface area contributed by atoms with Crippen molar-refractivity contribution in [1.82, 2.24) is 25.2 Å². The van der Waals surface area contributed by atoms with Gasteiger partial charge < -0.3 is 30.6 Å². The maximum atomic E-state index is 14.6. The lowest BCUT2D eigenvalue weighted by Gasteiger charge is -2.26. The summed E-state index contributed by atoms with van der Waals surface area (Å²) >= 11 is 0. The largest absolute Gasteiger partial charge is 0.495 e. The van der Waals surface area contributed by atoms with Gasteiger partial charge in [-0.1, -0.05) is 6.07 Å². The quantitative estimate of drug-likeness (QED) is 0.263. The molecular weight excluding hydrogens is 515 g/mol. The minimum atomic E-state index is -0.660. The van der Waals surface area contributed by atoms with Crippen LogP contribution in [-0.2, 0) is 11.2 Å². The summed E-state index contributed by atoms with van der Waals surface area (Å²) in [5, 5.41) is 8.83. The first-order valence-electron chi connectivity index (χ1n) is 12.8. The number of aromatic nitrogens is 3. The van der Waals surface area contributed by atoms with Gasteiger partial charge in [-0.3, -0.25) is 14.5 Å². The van der Waals surface area contributed by atoms with Crippen molar-refractivity contribution in [2.24, 2.45) is 0 Å². The van der Waals surface area contributed by atoms with Crippen LogP contribution in [0.25, 0.3) is 11.4 Å². The predicted molar refractivity (Wildman–Crippen MR) is 152 cm³/mol. The van der Waals surface area contributed by atoms with Crippen LogP contribution in [0, 0.1) is 5.82 Å². The maximum Gasteiger partial charge on any atom is 0.256 e. The van der Waals surface area contributed by atoms with E-state index in [1.165, 1.54) is 19.2 Å². The Kier molecular flexibility index (Phi) is 7.26. The number of hydrogen-bond donors (Lipinski definition) is 4. The van der Waals surface area contributed by atoms with Crippen molar-refractivity contribution in [3.63, 3.8) is 0 Å². The molecule has 0 bridgehead atoms. The van der Waals surface area contributed by atoms with E-state index in [-0.39, 0.29) is 23.2 Å². The Bertz CT molecular complexity index is 1550. The molecule has 0 fully saturated rings. The number of likely N-dealkylation sites (N-methyl/N-ethyl adjacent to an activating group) is 1. The fourth-order valence-corrected chi connectivity index (χ4v) is 4.69. The molecule has 4 N–H and O–H groups in total. The number of aromatic amines is 1. The van der Waals surface area contributed by atoms with Crippen LogP contribution in [0.3, 0.4) is 0 Å². The molecule has 3 aliphatic rings. The van der Waals surface area contributed by atoms with E-state index in [0.717, 1.165) is 17.7 Å². The fraction of sp³-hybridized carbons (Fsp3) is 0.286. The molecule has 1 atom stereocenters. The van der Waals surface area contributed by atoms with Gasteiger partial charge in [-0.15, -0.1) is 0 Å². The molecule has 2 aromatic rings. The van der Waals surface area contributed by atoms with Gasteiger partial charge in [0.15, 0.2) is 0 Å². The number of halogens is 1. The first-order valence-corrected chi connectivity index (χ1v) is 12.8. The van der Waals surface area contributed by atoms with E-state index in [1.54, 1.807) is 30.3 Å². The highest BCUT2D eigenvalue weighted by molar-refractivity contribution is 6.01. The van der Waals surface area contributed by atoms with Gasteiger partial charge in [0.1, 0.15) is 23.2 Å². The average molecular weight is 547 g/mol. The molecule has 2 amide bonds. The number of benzene rings is 2. The monoisotopic (exact) mass is 546 g/mol. The van der Waals surface area contributed by atoms with Crippen molar-refractivity contribution in [2.75, 3.05) is 50.3 Å². The first kappa shape index (κ1) is 26.9. The summed E-state index contributed by atoms with van der Waals surface area (Å²) in [5.74, 6) is 0.580. The molecular formula is C28H31FN8O3. The van der Waals surface area contributed by atoms with Crippen molar-refractivity contribution in [3.8, 4) is 17.1 Å². The molecule has 0 spiro atoms. The number of nitrogens with one attached hydrogen (secondary N) is 4. The highest BCUT2D eigenvalue weighted by Crippen LogP contribution is 2.39. The summed E-state index contributed by atoms with van der Waals surface area (Å²) in [5.41, 5.74) is 3.19. The number of methoxy groups -OCH3 is 1. The van der Waals surface area contributed by atoms with Crippen LogP contribution in [0.5, 0.6) is 5.75 Å². The van der Waals surface area contributed by atoms with Gasteiger partial charge in [0, 0.05) is 25.5 Å². The average Bonchev–Trinajstić information content (AvgIpc) is 3.58. The zero-order chi connectivity index (χ0) is 28.6. The standard InChI is InChI=1S/C28H31FN8O3/c1-15(36(3)4)27(39)37-12-10-16-13-22(40-5)20(14-21(16)37)33-28-34-24-17(9-11-31-24)25(35-28)32-19-8-6-7-18(29)23(19)26(38)30-2/h6-9,11,13-15H,10,12H2,1-5H3,(H,30,38)(H3,31,32,33,34,35)/t15-/m1/s1. The van der Waals surface area contributed by atoms with Gasteiger partial charge in [0.2, 0.25) is 11.9 Å². The molecule has 40 heavy (non-hydrogen) atoms. The Hall–Kier alpha value is -4.71. The summed E-state index contributed by atoms with van der Waals surface area (Å²) in [6, 6.07) is 9.62. The Labute approximate surface area is 231 Å². The van der Waals surface area contributed by atoms with Gasteiger partial charge in [0.25, 0.3) is 5.91 Å². The van der Waals surface area contributed by atoms with E-state index in [1.807, 2.05) is 38.1 Å². The van der Waals surface area contributed by atoms with Crippen molar-refractivity contribution in [1.29, 1.82) is 0 Å². The summed E-state index contributed by atoms with van der Waals surface area (Å²) < 4.78 is 20.2. The highest BCUT2D eigenvalue weighted by Gasteiger charge is 2.30. The third kappa shape index (κ3) is 4.89. The Morgan fingerprint density at radius 2 is 1.98 bits per heavy atom. The lowest BCUT2D eigenvalue weighted by atomic mass is 10.1. The molecule has 0 saturated carbocycles. The third-order valence-electron chi connectivity index (χ3n) is 7.08. The molecule has 0 unspecified atom stereocenters. The van der Waals surface area contributed by atoms with E-state index in [4.69, 9.17) is 4.74 Å². The zero-order valence-corrected chi connectivity index (χ0v) is 22.9. The Morgan fingerprint density at radius 1 is 1.18 bits per heavy atom. The van der Waals surface area contributed by atoms with Crippen LogP contribution in [0.2, 0.25) is 0 Å². The topological polar surface area (TPSA) is 128 Å². The number of fused-ring (bicyclic) bond motifs is 2. The van der Waals surface area contributed by atoms with Crippen molar-refractivity contribution in [2.45, 2.75) is 19.4 Å². The van der Waals surface area contributed by atoms with Crippen molar-refractivity contribution < 1.29 is 18.7 Å². The van der Waals surface area contributed by atoms with E-state index in [9.17, 15) is 14.0 Å². The molecule has 3 heterocycles. The van der Waals surface area contributed by atoms with Crippen LogP contribution in [0.4, 0.5) is 33.2 Å². The number of amides is 2. The molecule has 11 nitrogen and oxygen atoms in total. The van der Waals surface area contributed by atoms with E-state index < -0.39 is 11.7 Å². The van der Waals surface area contributed by atoms with Crippen LogP contribution in [0.15, 0.2) is 42.6 Å². The van der Waals surface area contributed by atoms with Crippen LogP contribution in [-0.4, -0.2) is 72.5 Å². The van der Waals surface area contributed by atoms with Gasteiger partial charge in [-0.05, 0) is 63.3 Å².